The quantitative estimate of drug-likeness (QED) is 0.468. The van der Waals surface area contributed by atoms with E-state index in [-0.39, 0.29) is 42.2 Å². The Hall–Kier alpha value is -2.41. The molecular weight excluding hydrogens is 487 g/mol. The highest BCUT2D eigenvalue weighted by Gasteiger charge is 2.27. The fraction of sp³-hybridized carbons (Fsp3) is 0.462. The lowest BCUT2D eigenvalue weighted by molar-refractivity contribution is -0.142. The molecule has 5 nitrogen and oxygen atoms in total. The molecule has 33 heavy (non-hydrogen) atoms. The van der Waals surface area contributed by atoms with E-state index in [9.17, 15) is 14.0 Å². The highest BCUT2D eigenvalue weighted by atomic mass is 79.9. The molecule has 0 bridgehead atoms. The monoisotopic (exact) mass is 520 g/mol. The fourth-order valence-electron chi connectivity index (χ4n) is 3.14. The number of ether oxygens (including phenoxy) is 1. The molecule has 180 valence electrons. The maximum Gasteiger partial charge on any atom is 0.261 e. The molecule has 0 unspecified atom stereocenters. The van der Waals surface area contributed by atoms with Gasteiger partial charge in [-0.05, 0) is 77.0 Å². The van der Waals surface area contributed by atoms with E-state index in [0.717, 1.165) is 22.0 Å². The van der Waals surface area contributed by atoms with Gasteiger partial charge in [0.2, 0.25) is 5.91 Å². The molecule has 2 atom stereocenters. The predicted molar refractivity (Wildman–Crippen MR) is 133 cm³/mol. The van der Waals surface area contributed by atoms with E-state index in [1.54, 1.807) is 19.1 Å². The summed E-state index contributed by atoms with van der Waals surface area (Å²) in [6.07, 6.45) is 0.784. The summed E-state index contributed by atoms with van der Waals surface area (Å²) in [7, 11) is 0. The summed E-state index contributed by atoms with van der Waals surface area (Å²) in [6.45, 7) is 11.9. The minimum atomic E-state index is -0.716. The Morgan fingerprint density at radius 3 is 2.30 bits per heavy atom. The largest absolute Gasteiger partial charge is 0.483 e. The molecule has 1 N–H and O–H groups in total. The smallest absolute Gasteiger partial charge is 0.261 e. The molecule has 0 aliphatic carbocycles. The van der Waals surface area contributed by atoms with Crippen molar-refractivity contribution in [3.05, 3.63) is 63.9 Å². The summed E-state index contributed by atoms with van der Waals surface area (Å²) in [5.74, 6) is -0.380. The number of hydrogen-bond donors (Lipinski definition) is 1. The van der Waals surface area contributed by atoms with Gasteiger partial charge in [-0.25, -0.2) is 4.39 Å². The lowest BCUT2D eigenvalue weighted by Crippen LogP contribution is -2.50. The maximum atomic E-state index is 13.3. The van der Waals surface area contributed by atoms with Crippen molar-refractivity contribution in [3.8, 4) is 5.75 Å². The average Bonchev–Trinajstić information content (AvgIpc) is 2.76. The molecule has 0 aliphatic rings. The summed E-state index contributed by atoms with van der Waals surface area (Å²) in [5, 5.41) is 2.92. The van der Waals surface area contributed by atoms with Gasteiger partial charge < -0.3 is 15.0 Å². The van der Waals surface area contributed by atoms with Crippen LogP contribution in [0.1, 0.15) is 59.1 Å². The van der Waals surface area contributed by atoms with E-state index < -0.39 is 6.04 Å². The summed E-state index contributed by atoms with van der Waals surface area (Å²) >= 11 is 3.52. The zero-order valence-electron chi connectivity index (χ0n) is 20.2. The van der Waals surface area contributed by atoms with Crippen molar-refractivity contribution in [1.82, 2.24) is 10.2 Å². The highest BCUT2D eigenvalue weighted by molar-refractivity contribution is 9.10. The van der Waals surface area contributed by atoms with Crippen molar-refractivity contribution in [2.24, 2.45) is 0 Å². The van der Waals surface area contributed by atoms with E-state index in [4.69, 9.17) is 4.74 Å². The summed E-state index contributed by atoms with van der Waals surface area (Å²) in [4.78, 5) is 27.4. The van der Waals surface area contributed by atoms with Gasteiger partial charge in [-0.1, -0.05) is 45.9 Å². The van der Waals surface area contributed by atoms with Gasteiger partial charge in [0.05, 0.1) is 4.47 Å². The van der Waals surface area contributed by atoms with Gasteiger partial charge in [-0.3, -0.25) is 9.59 Å². The van der Waals surface area contributed by atoms with Gasteiger partial charge in [0.25, 0.3) is 5.91 Å². The van der Waals surface area contributed by atoms with E-state index in [2.05, 4.69) is 42.0 Å². The van der Waals surface area contributed by atoms with Crippen molar-refractivity contribution in [2.45, 2.75) is 72.0 Å². The summed E-state index contributed by atoms with van der Waals surface area (Å²) < 4.78 is 19.9. The molecular formula is C26H34BrFN2O3. The third kappa shape index (κ3) is 7.84. The molecule has 0 aromatic heterocycles. The Bertz CT molecular complexity index is 957. The third-order valence-electron chi connectivity index (χ3n) is 5.58. The Kier molecular flexibility index (Phi) is 9.46. The standard InChI is InChI=1S/C26H34BrFN2O3/c1-7-17(2)29-25(32)18(3)30(15-19-8-11-21(28)12-9-19)24(31)16-33-23-13-10-20(14-22(23)27)26(4,5)6/h8-14,17-18H,7,15-16H2,1-6H3,(H,29,32)/t17-,18-/m1/s1. The second-order valence-corrected chi connectivity index (χ2v) is 10.2. The lowest BCUT2D eigenvalue weighted by Gasteiger charge is -2.29. The van der Waals surface area contributed by atoms with Gasteiger partial charge in [0.1, 0.15) is 17.6 Å². The van der Waals surface area contributed by atoms with E-state index in [0.29, 0.717) is 5.75 Å². The van der Waals surface area contributed by atoms with Crippen LogP contribution in [0.4, 0.5) is 4.39 Å². The number of rotatable bonds is 9. The maximum absolute atomic E-state index is 13.3. The SMILES string of the molecule is CC[C@@H](C)NC(=O)[C@@H](C)N(Cc1ccc(F)cc1)C(=O)COc1ccc(C(C)(C)C)cc1Br. The van der Waals surface area contributed by atoms with Crippen molar-refractivity contribution in [2.75, 3.05) is 6.61 Å². The van der Waals surface area contributed by atoms with Crippen LogP contribution in [0, 0.1) is 5.82 Å². The van der Waals surface area contributed by atoms with E-state index >= 15 is 0 Å². The number of hydrogen-bond acceptors (Lipinski definition) is 3. The third-order valence-corrected chi connectivity index (χ3v) is 6.20. The topological polar surface area (TPSA) is 58.6 Å². The molecule has 2 aromatic carbocycles. The van der Waals surface area contributed by atoms with Crippen LogP contribution in [0.5, 0.6) is 5.75 Å². The first-order valence-electron chi connectivity index (χ1n) is 11.2. The van der Waals surface area contributed by atoms with Crippen LogP contribution in [-0.2, 0) is 21.5 Å². The number of carbonyl (C=O) groups excluding carboxylic acids is 2. The molecule has 2 rings (SSSR count). The molecule has 0 radical (unpaired) electrons. The van der Waals surface area contributed by atoms with Crippen LogP contribution >= 0.6 is 15.9 Å². The zero-order valence-corrected chi connectivity index (χ0v) is 21.8. The Morgan fingerprint density at radius 1 is 1.12 bits per heavy atom. The molecule has 2 amide bonds. The first-order valence-corrected chi connectivity index (χ1v) is 12.0. The Balaban J connectivity index is 2.18. The van der Waals surface area contributed by atoms with Crippen LogP contribution in [-0.4, -0.2) is 35.4 Å². The van der Waals surface area contributed by atoms with Gasteiger partial charge in [-0.2, -0.15) is 0 Å². The minimum absolute atomic E-state index is 0.00346. The van der Waals surface area contributed by atoms with Crippen molar-refractivity contribution < 1.29 is 18.7 Å². The second kappa shape index (κ2) is 11.6. The van der Waals surface area contributed by atoms with Crippen molar-refractivity contribution >= 4 is 27.7 Å². The minimum Gasteiger partial charge on any atom is -0.483 e. The molecule has 0 fully saturated rings. The van der Waals surface area contributed by atoms with Crippen LogP contribution in [0.3, 0.4) is 0 Å². The van der Waals surface area contributed by atoms with Gasteiger partial charge >= 0.3 is 0 Å². The number of halogens is 2. The predicted octanol–water partition coefficient (Wildman–Crippen LogP) is 5.60. The number of benzene rings is 2. The van der Waals surface area contributed by atoms with Crippen molar-refractivity contribution in [1.29, 1.82) is 0 Å². The zero-order chi connectivity index (χ0) is 24.8. The van der Waals surface area contributed by atoms with Gasteiger partial charge in [-0.15, -0.1) is 0 Å². The number of nitrogens with zero attached hydrogens (tertiary/aromatic N) is 1. The first kappa shape index (κ1) is 26.8. The number of nitrogens with one attached hydrogen (secondary N) is 1. The first-order chi connectivity index (χ1) is 15.4. The second-order valence-electron chi connectivity index (χ2n) is 9.33. The molecule has 7 heteroatoms. The molecule has 0 spiro atoms. The van der Waals surface area contributed by atoms with Crippen LogP contribution in [0.15, 0.2) is 46.9 Å². The lowest BCUT2D eigenvalue weighted by atomic mass is 9.87. The van der Waals surface area contributed by atoms with E-state index in [1.165, 1.54) is 17.0 Å². The van der Waals surface area contributed by atoms with Crippen LogP contribution in [0.25, 0.3) is 0 Å². The summed E-state index contributed by atoms with van der Waals surface area (Å²) in [5.41, 5.74) is 1.85. The summed E-state index contributed by atoms with van der Waals surface area (Å²) in [6, 6.07) is 11.0. The highest BCUT2D eigenvalue weighted by Crippen LogP contribution is 2.31. The molecule has 0 saturated heterocycles. The van der Waals surface area contributed by atoms with Crippen molar-refractivity contribution in [3.63, 3.8) is 0 Å². The van der Waals surface area contributed by atoms with Crippen LogP contribution < -0.4 is 10.1 Å². The van der Waals surface area contributed by atoms with Gasteiger partial charge in [0.15, 0.2) is 6.61 Å². The van der Waals surface area contributed by atoms with Gasteiger partial charge in [0, 0.05) is 12.6 Å². The molecule has 0 heterocycles. The Morgan fingerprint density at radius 2 is 1.76 bits per heavy atom. The molecule has 0 saturated carbocycles. The Labute approximate surface area is 204 Å². The van der Waals surface area contributed by atoms with E-state index in [1.807, 2.05) is 32.0 Å². The van der Waals surface area contributed by atoms with Crippen LogP contribution in [0.2, 0.25) is 0 Å². The number of carbonyl (C=O) groups is 2. The fourth-order valence-corrected chi connectivity index (χ4v) is 3.63. The number of amides is 2. The molecule has 0 aliphatic heterocycles. The normalized spacial score (nSPS) is 13.2. The molecule has 2 aromatic rings. The average molecular weight is 521 g/mol.